The van der Waals surface area contributed by atoms with E-state index in [1.54, 1.807) is 18.5 Å². The van der Waals surface area contributed by atoms with Crippen molar-refractivity contribution in [3.05, 3.63) is 48.2 Å². The zero-order valence-corrected chi connectivity index (χ0v) is 12.6. The Bertz CT molecular complexity index is 585. The second kappa shape index (κ2) is 7.11. The van der Waals surface area contributed by atoms with Crippen molar-refractivity contribution in [1.29, 1.82) is 0 Å². The summed E-state index contributed by atoms with van der Waals surface area (Å²) >= 11 is 0. The summed E-state index contributed by atoms with van der Waals surface area (Å²) < 4.78 is 5.26. The quantitative estimate of drug-likeness (QED) is 0.941. The molecule has 0 aromatic carbocycles. The second-order valence-electron chi connectivity index (χ2n) is 5.57. The minimum Gasteiger partial charge on any atom is -0.467 e. The first-order valence-corrected chi connectivity index (χ1v) is 7.84. The molecule has 5 heteroatoms. The summed E-state index contributed by atoms with van der Waals surface area (Å²) in [5.41, 5.74) is 1.40. The predicted octanol–water partition coefficient (Wildman–Crippen LogP) is 3.30. The first kappa shape index (κ1) is 14.6. The smallest absolute Gasteiger partial charge is 0.272 e. The summed E-state index contributed by atoms with van der Waals surface area (Å²) in [6, 6.07) is 7.45. The average Bonchev–Trinajstić information content (AvgIpc) is 2.93. The maximum absolute atomic E-state index is 12.4. The zero-order chi connectivity index (χ0) is 15.2. The molecule has 0 spiro atoms. The first-order valence-electron chi connectivity index (χ1n) is 7.84. The van der Waals surface area contributed by atoms with Crippen LogP contribution in [-0.2, 0) is 6.54 Å². The summed E-state index contributed by atoms with van der Waals surface area (Å²) in [5.74, 6) is 0.907. The van der Waals surface area contributed by atoms with Crippen LogP contribution in [-0.4, -0.2) is 28.9 Å². The van der Waals surface area contributed by atoms with E-state index in [1.165, 1.54) is 12.8 Å². The predicted molar refractivity (Wildman–Crippen MR) is 84.6 cm³/mol. The molecule has 3 rings (SSSR count). The van der Waals surface area contributed by atoms with Crippen LogP contribution in [0.15, 0.2) is 41.1 Å². The molecule has 5 nitrogen and oxygen atoms in total. The van der Waals surface area contributed by atoms with Gasteiger partial charge in [-0.05, 0) is 37.1 Å². The van der Waals surface area contributed by atoms with Crippen molar-refractivity contribution in [3.63, 3.8) is 0 Å². The number of nitrogens with one attached hydrogen (secondary N) is 1. The van der Waals surface area contributed by atoms with E-state index in [1.807, 2.05) is 23.1 Å². The molecule has 0 saturated carbocycles. The van der Waals surface area contributed by atoms with Gasteiger partial charge in [-0.1, -0.05) is 12.8 Å². The average molecular weight is 299 g/mol. The standard InChI is InChI=1S/C17H21N3O2/c21-17(20-9-3-1-2-4-10-20)16-8-7-14(12-19-16)18-13-15-6-5-11-22-15/h5-8,11-12,18H,1-4,9-10,13H2. The molecule has 1 amide bonds. The molecule has 2 aromatic rings. The fourth-order valence-corrected chi connectivity index (χ4v) is 2.66. The van der Waals surface area contributed by atoms with Gasteiger partial charge in [0.1, 0.15) is 11.5 Å². The molecule has 2 aromatic heterocycles. The number of amides is 1. The van der Waals surface area contributed by atoms with E-state index >= 15 is 0 Å². The van der Waals surface area contributed by atoms with E-state index in [2.05, 4.69) is 10.3 Å². The van der Waals surface area contributed by atoms with Gasteiger partial charge in [-0.3, -0.25) is 4.79 Å². The van der Waals surface area contributed by atoms with Crippen LogP contribution in [0.25, 0.3) is 0 Å². The number of hydrogen-bond acceptors (Lipinski definition) is 4. The van der Waals surface area contributed by atoms with Crippen molar-refractivity contribution in [1.82, 2.24) is 9.88 Å². The number of nitrogens with zero attached hydrogens (tertiary/aromatic N) is 2. The zero-order valence-electron chi connectivity index (χ0n) is 12.6. The highest BCUT2D eigenvalue weighted by atomic mass is 16.3. The number of aromatic nitrogens is 1. The topological polar surface area (TPSA) is 58.4 Å². The van der Waals surface area contributed by atoms with Crippen LogP contribution in [0.2, 0.25) is 0 Å². The molecule has 0 unspecified atom stereocenters. The van der Waals surface area contributed by atoms with Crippen molar-refractivity contribution in [3.8, 4) is 0 Å². The molecule has 0 aliphatic carbocycles. The Morgan fingerprint density at radius 2 is 2.00 bits per heavy atom. The van der Waals surface area contributed by atoms with E-state index in [9.17, 15) is 4.79 Å². The number of hydrogen-bond donors (Lipinski definition) is 1. The van der Waals surface area contributed by atoms with Gasteiger partial charge in [0.05, 0.1) is 24.7 Å². The number of pyridine rings is 1. The molecule has 0 bridgehead atoms. The van der Waals surface area contributed by atoms with Crippen molar-refractivity contribution >= 4 is 11.6 Å². The number of rotatable bonds is 4. The molecule has 22 heavy (non-hydrogen) atoms. The molecule has 1 fully saturated rings. The molecule has 1 saturated heterocycles. The Balaban J connectivity index is 1.59. The molecular formula is C17H21N3O2. The highest BCUT2D eigenvalue weighted by molar-refractivity contribution is 5.92. The Kier molecular flexibility index (Phi) is 4.73. The van der Waals surface area contributed by atoms with Crippen LogP contribution in [0.3, 0.4) is 0 Å². The number of furan rings is 1. The Hall–Kier alpha value is -2.30. The maximum atomic E-state index is 12.4. The van der Waals surface area contributed by atoms with Gasteiger partial charge in [-0.15, -0.1) is 0 Å². The third-order valence-electron chi connectivity index (χ3n) is 3.92. The minimum absolute atomic E-state index is 0.0412. The van der Waals surface area contributed by atoms with Gasteiger partial charge in [0.25, 0.3) is 5.91 Å². The summed E-state index contributed by atoms with van der Waals surface area (Å²) in [6.45, 7) is 2.30. The van der Waals surface area contributed by atoms with Gasteiger partial charge in [-0.25, -0.2) is 4.98 Å². The Morgan fingerprint density at radius 3 is 2.64 bits per heavy atom. The van der Waals surface area contributed by atoms with Gasteiger partial charge in [0.15, 0.2) is 0 Å². The monoisotopic (exact) mass is 299 g/mol. The van der Waals surface area contributed by atoms with Crippen molar-refractivity contribution in [2.24, 2.45) is 0 Å². The van der Waals surface area contributed by atoms with E-state index in [0.29, 0.717) is 12.2 Å². The SMILES string of the molecule is O=C(c1ccc(NCc2ccco2)cn1)N1CCCCCC1. The van der Waals surface area contributed by atoms with E-state index in [0.717, 1.165) is 37.4 Å². The van der Waals surface area contributed by atoms with Crippen LogP contribution in [0.5, 0.6) is 0 Å². The first-order chi connectivity index (χ1) is 10.8. The summed E-state index contributed by atoms with van der Waals surface area (Å²) in [7, 11) is 0. The third-order valence-corrected chi connectivity index (χ3v) is 3.92. The van der Waals surface area contributed by atoms with Crippen LogP contribution < -0.4 is 5.32 Å². The number of carbonyl (C=O) groups excluding carboxylic acids is 1. The van der Waals surface area contributed by atoms with Gasteiger partial charge in [-0.2, -0.15) is 0 Å². The molecule has 1 aliphatic heterocycles. The van der Waals surface area contributed by atoms with E-state index < -0.39 is 0 Å². The molecule has 1 aliphatic rings. The normalized spacial score (nSPS) is 15.4. The summed E-state index contributed by atoms with van der Waals surface area (Å²) in [5, 5.41) is 3.22. The number of likely N-dealkylation sites (tertiary alicyclic amines) is 1. The van der Waals surface area contributed by atoms with Gasteiger partial charge in [0, 0.05) is 13.1 Å². The lowest BCUT2D eigenvalue weighted by Crippen LogP contribution is -2.32. The lowest BCUT2D eigenvalue weighted by molar-refractivity contribution is 0.0756. The van der Waals surface area contributed by atoms with Crippen LogP contribution in [0.1, 0.15) is 41.9 Å². The highest BCUT2D eigenvalue weighted by Gasteiger charge is 2.18. The number of anilines is 1. The van der Waals surface area contributed by atoms with Crippen LogP contribution in [0.4, 0.5) is 5.69 Å². The van der Waals surface area contributed by atoms with Crippen molar-refractivity contribution in [2.45, 2.75) is 32.2 Å². The molecule has 1 N–H and O–H groups in total. The molecule has 0 radical (unpaired) electrons. The highest BCUT2D eigenvalue weighted by Crippen LogP contribution is 2.14. The summed E-state index contributed by atoms with van der Waals surface area (Å²) in [4.78, 5) is 18.7. The molecular weight excluding hydrogens is 278 g/mol. The van der Waals surface area contributed by atoms with Crippen molar-refractivity contribution < 1.29 is 9.21 Å². The fourth-order valence-electron chi connectivity index (χ4n) is 2.66. The van der Waals surface area contributed by atoms with Gasteiger partial charge in [0.2, 0.25) is 0 Å². The van der Waals surface area contributed by atoms with E-state index in [4.69, 9.17) is 4.42 Å². The van der Waals surface area contributed by atoms with Crippen LogP contribution in [0, 0.1) is 0 Å². The van der Waals surface area contributed by atoms with Gasteiger partial charge < -0.3 is 14.6 Å². The van der Waals surface area contributed by atoms with Crippen LogP contribution >= 0.6 is 0 Å². The lowest BCUT2D eigenvalue weighted by Gasteiger charge is -2.19. The molecule has 0 atom stereocenters. The molecule has 116 valence electrons. The second-order valence-corrected chi connectivity index (χ2v) is 5.57. The Labute approximate surface area is 130 Å². The summed E-state index contributed by atoms with van der Waals surface area (Å²) in [6.07, 6.45) is 7.97. The lowest BCUT2D eigenvalue weighted by atomic mass is 10.2. The van der Waals surface area contributed by atoms with Gasteiger partial charge >= 0.3 is 0 Å². The maximum Gasteiger partial charge on any atom is 0.272 e. The van der Waals surface area contributed by atoms with E-state index in [-0.39, 0.29) is 5.91 Å². The third kappa shape index (κ3) is 3.67. The Morgan fingerprint density at radius 1 is 1.18 bits per heavy atom. The number of carbonyl (C=O) groups is 1. The molecule has 3 heterocycles. The van der Waals surface area contributed by atoms with Crippen molar-refractivity contribution in [2.75, 3.05) is 18.4 Å². The largest absolute Gasteiger partial charge is 0.467 e. The fraction of sp³-hybridized carbons (Fsp3) is 0.412. The minimum atomic E-state index is 0.0412.